The molecule has 0 aromatic rings. The standard InChI is InChI=1S/C32H50O3/c1-19-9-13-28(6)17-24(34)32-18-31(32,26(28)20(19)2)16-11-23-29(7)14-12-25(35-21(3)33)27(4,5)22(29)10-15-30(23,32)8/h11,16,19-20,22-26,34H,9-10,12-15,17-18H2,1-8H3/t19-,20+,22-,23-,24+,25+,26-,28-,29+,30-,31-,32+/m1/s1. The maximum absolute atomic E-state index is 12.1. The average Bonchev–Trinajstić information content (AvgIpc) is 3.46. The molecule has 3 heteroatoms. The Balaban J connectivity index is 1.43. The van der Waals surface area contributed by atoms with Crippen molar-refractivity contribution in [2.45, 2.75) is 119 Å². The van der Waals surface area contributed by atoms with E-state index in [1.807, 2.05) is 0 Å². The number of fused-ring (bicyclic) bond motifs is 4. The summed E-state index contributed by atoms with van der Waals surface area (Å²) >= 11 is 0. The number of carbonyl (C=O) groups excluding carboxylic acids is 1. The number of rotatable bonds is 1. The van der Waals surface area contributed by atoms with Crippen LogP contribution in [-0.2, 0) is 9.53 Å². The van der Waals surface area contributed by atoms with Crippen LogP contribution in [0.5, 0.6) is 0 Å². The molecule has 196 valence electrons. The lowest BCUT2D eigenvalue weighted by molar-refractivity contribution is -0.220. The molecule has 0 radical (unpaired) electrons. The molecule has 0 amide bonds. The van der Waals surface area contributed by atoms with Gasteiger partial charge < -0.3 is 9.84 Å². The maximum Gasteiger partial charge on any atom is 0.302 e. The van der Waals surface area contributed by atoms with Crippen LogP contribution in [0.2, 0.25) is 0 Å². The van der Waals surface area contributed by atoms with E-state index >= 15 is 0 Å². The highest BCUT2D eigenvalue weighted by atomic mass is 16.5. The van der Waals surface area contributed by atoms with E-state index in [1.165, 1.54) is 32.1 Å². The zero-order chi connectivity index (χ0) is 25.4. The molecule has 5 fully saturated rings. The molecule has 5 saturated carbocycles. The first-order valence-corrected chi connectivity index (χ1v) is 14.7. The highest BCUT2D eigenvalue weighted by Crippen LogP contribution is 2.89. The van der Waals surface area contributed by atoms with Crippen LogP contribution in [0, 0.1) is 62.1 Å². The van der Waals surface area contributed by atoms with Gasteiger partial charge in [0, 0.05) is 23.2 Å². The van der Waals surface area contributed by atoms with Crippen molar-refractivity contribution in [1.82, 2.24) is 0 Å². The van der Waals surface area contributed by atoms with Crippen LogP contribution in [0.15, 0.2) is 12.2 Å². The molecule has 6 aliphatic carbocycles. The van der Waals surface area contributed by atoms with Gasteiger partial charge in [-0.15, -0.1) is 0 Å². The highest BCUT2D eigenvalue weighted by molar-refractivity contribution is 5.66. The molecule has 6 aliphatic rings. The van der Waals surface area contributed by atoms with Gasteiger partial charge in [0.15, 0.2) is 0 Å². The summed E-state index contributed by atoms with van der Waals surface area (Å²) in [5.74, 6) is 3.06. The van der Waals surface area contributed by atoms with Crippen molar-refractivity contribution in [3.63, 3.8) is 0 Å². The third-order valence-corrected chi connectivity index (χ3v) is 14.1. The fraction of sp³-hybridized carbons (Fsp3) is 0.906. The fourth-order valence-electron chi connectivity index (χ4n) is 12.6. The van der Waals surface area contributed by atoms with Crippen molar-refractivity contribution in [2.75, 3.05) is 0 Å². The van der Waals surface area contributed by atoms with Gasteiger partial charge in [-0.25, -0.2) is 0 Å². The number of aliphatic hydroxyl groups excluding tert-OH is 1. The molecule has 35 heavy (non-hydrogen) atoms. The molecule has 0 aromatic carbocycles. The predicted molar refractivity (Wildman–Crippen MR) is 139 cm³/mol. The van der Waals surface area contributed by atoms with E-state index < -0.39 is 0 Å². The van der Waals surface area contributed by atoms with Crippen molar-refractivity contribution in [3.8, 4) is 0 Å². The van der Waals surface area contributed by atoms with E-state index in [0.29, 0.717) is 17.8 Å². The van der Waals surface area contributed by atoms with Crippen LogP contribution in [0.1, 0.15) is 107 Å². The molecule has 0 aromatic heterocycles. The monoisotopic (exact) mass is 482 g/mol. The molecule has 0 spiro atoms. The number of esters is 1. The summed E-state index contributed by atoms with van der Waals surface area (Å²) in [5, 5.41) is 12.1. The normalized spacial score (nSPS) is 59.7. The summed E-state index contributed by atoms with van der Waals surface area (Å²) < 4.78 is 5.89. The van der Waals surface area contributed by atoms with E-state index in [0.717, 1.165) is 31.1 Å². The first-order valence-electron chi connectivity index (χ1n) is 14.7. The summed E-state index contributed by atoms with van der Waals surface area (Å²) in [4.78, 5) is 11.9. The Morgan fingerprint density at radius 2 is 1.71 bits per heavy atom. The summed E-state index contributed by atoms with van der Waals surface area (Å²) in [6.45, 7) is 18.9. The van der Waals surface area contributed by atoms with Gasteiger partial charge in [-0.3, -0.25) is 4.79 Å². The van der Waals surface area contributed by atoms with E-state index in [1.54, 1.807) is 6.92 Å². The van der Waals surface area contributed by atoms with Gasteiger partial charge in [0.1, 0.15) is 6.10 Å². The molecule has 1 N–H and O–H groups in total. The number of carbonyl (C=O) groups is 1. The van der Waals surface area contributed by atoms with Crippen molar-refractivity contribution in [2.24, 2.45) is 62.1 Å². The van der Waals surface area contributed by atoms with Crippen LogP contribution < -0.4 is 0 Å². The lowest BCUT2D eigenvalue weighted by Gasteiger charge is -2.69. The lowest BCUT2D eigenvalue weighted by atomic mass is 9.36. The van der Waals surface area contributed by atoms with E-state index in [2.05, 4.69) is 60.6 Å². The molecule has 0 aliphatic heterocycles. The minimum Gasteiger partial charge on any atom is -0.462 e. The Hall–Kier alpha value is -0.830. The van der Waals surface area contributed by atoms with E-state index in [4.69, 9.17) is 4.74 Å². The largest absolute Gasteiger partial charge is 0.462 e. The summed E-state index contributed by atoms with van der Waals surface area (Å²) in [6, 6.07) is 0. The Kier molecular flexibility index (Phi) is 4.88. The van der Waals surface area contributed by atoms with Crippen LogP contribution in [-0.4, -0.2) is 23.3 Å². The number of ether oxygens (including phenoxy) is 1. The molecule has 0 saturated heterocycles. The number of allylic oxidation sites excluding steroid dienone is 2. The second kappa shape index (κ2) is 6.97. The van der Waals surface area contributed by atoms with Gasteiger partial charge in [0.25, 0.3) is 0 Å². The van der Waals surface area contributed by atoms with Crippen molar-refractivity contribution in [1.29, 1.82) is 0 Å². The number of aliphatic hydroxyl groups is 1. The van der Waals surface area contributed by atoms with E-state index in [-0.39, 0.29) is 50.7 Å². The van der Waals surface area contributed by atoms with Gasteiger partial charge >= 0.3 is 5.97 Å². The first kappa shape index (κ1) is 24.5. The van der Waals surface area contributed by atoms with Crippen LogP contribution in [0.25, 0.3) is 0 Å². The quantitative estimate of drug-likeness (QED) is 0.318. The Morgan fingerprint density at radius 1 is 1.00 bits per heavy atom. The second-order valence-corrected chi connectivity index (χ2v) is 15.7. The van der Waals surface area contributed by atoms with Crippen molar-refractivity contribution >= 4 is 5.97 Å². The first-order chi connectivity index (χ1) is 16.2. The van der Waals surface area contributed by atoms with Crippen LogP contribution in [0.3, 0.4) is 0 Å². The molecule has 0 unspecified atom stereocenters. The second-order valence-electron chi connectivity index (χ2n) is 15.7. The molecule has 0 bridgehead atoms. The topological polar surface area (TPSA) is 46.5 Å². The predicted octanol–water partition coefficient (Wildman–Crippen LogP) is 7.18. The minimum atomic E-state index is -0.188. The minimum absolute atomic E-state index is 0.0127. The Labute approximate surface area is 213 Å². The molecule has 12 atom stereocenters. The SMILES string of the molecule is CC(=O)O[C@H]1CC[C@@]2(C)[C@H](CC[C@]3(C)[C@@H]2C=C[C@]24C[C@]32[C@@H](O)C[C@@]2(C)CC[C@@H](C)[C@H](C)[C@H]24)C1(C)C. The van der Waals surface area contributed by atoms with Gasteiger partial charge in [0.05, 0.1) is 6.10 Å². The van der Waals surface area contributed by atoms with Gasteiger partial charge in [0.2, 0.25) is 0 Å². The van der Waals surface area contributed by atoms with Gasteiger partial charge in [-0.05, 0) is 97.2 Å². The van der Waals surface area contributed by atoms with Gasteiger partial charge in [-0.2, -0.15) is 0 Å². The van der Waals surface area contributed by atoms with Crippen LogP contribution >= 0.6 is 0 Å². The Bertz CT molecular complexity index is 968. The Morgan fingerprint density at radius 3 is 2.40 bits per heavy atom. The summed E-state index contributed by atoms with van der Waals surface area (Å²) in [5.41, 5.74) is 0.786. The highest BCUT2D eigenvalue weighted by Gasteiger charge is 2.86. The third-order valence-electron chi connectivity index (χ3n) is 14.1. The third kappa shape index (κ3) is 2.66. The molecule has 6 rings (SSSR count). The summed E-state index contributed by atoms with van der Waals surface area (Å²) in [7, 11) is 0. The molecular formula is C32H50O3. The fourth-order valence-corrected chi connectivity index (χ4v) is 12.6. The zero-order valence-corrected chi connectivity index (χ0v) is 23.6. The van der Waals surface area contributed by atoms with Crippen molar-refractivity contribution < 1.29 is 14.6 Å². The smallest absolute Gasteiger partial charge is 0.302 e. The average molecular weight is 483 g/mol. The van der Waals surface area contributed by atoms with Crippen LogP contribution in [0.4, 0.5) is 0 Å². The summed E-state index contributed by atoms with van der Waals surface area (Å²) in [6.07, 6.45) is 14.4. The number of hydrogen-bond donors (Lipinski definition) is 1. The maximum atomic E-state index is 12.1. The van der Waals surface area contributed by atoms with Crippen molar-refractivity contribution in [3.05, 3.63) is 12.2 Å². The molecule has 0 heterocycles. The van der Waals surface area contributed by atoms with E-state index in [9.17, 15) is 9.90 Å². The molecule has 3 nitrogen and oxygen atoms in total. The molecular weight excluding hydrogens is 432 g/mol. The number of hydrogen-bond acceptors (Lipinski definition) is 3. The lowest BCUT2D eigenvalue weighted by Crippen LogP contribution is -2.65. The zero-order valence-electron chi connectivity index (χ0n) is 23.6. The van der Waals surface area contributed by atoms with Gasteiger partial charge in [-0.1, -0.05) is 60.6 Å².